The summed E-state index contributed by atoms with van der Waals surface area (Å²) in [6.07, 6.45) is 3.59. The third-order valence-corrected chi connectivity index (χ3v) is 3.98. The van der Waals surface area contributed by atoms with E-state index in [0.29, 0.717) is 0 Å². The number of aromatic nitrogens is 2. The lowest BCUT2D eigenvalue weighted by Gasteiger charge is -2.21. The zero-order chi connectivity index (χ0) is 15.2. The van der Waals surface area contributed by atoms with Crippen LogP contribution in [0, 0.1) is 0 Å². The number of hydrogen-bond donors (Lipinski definition) is 2. The highest BCUT2D eigenvalue weighted by atomic mass is 16.1. The predicted octanol–water partition coefficient (Wildman–Crippen LogP) is 1.08. The van der Waals surface area contributed by atoms with Crippen molar-refractivity contribution in [3.63, 3.8) is 0 Å². The van der Waals surface area contributed by atoms with Crippen molar-refractivity contribution in [1.82, 2.24) is 20.0 Å². The third-order valence-electron chi connectivity index (χ3n) is 3.98. The lowest BCUT2D eigenvalue weighted by Crippen LogP contribution is -2.36. The van der Waals surface area contributed by atoms with Gasteiger partial charge >= 0.3 is 0 Å². The fraction of sp³-hybridized carbons (Fsp3) is 0.600. The Balaban J connectivity index is 1.86. The fourth-order valence-corrected chi connectivity index (χ4v) is 2.23. The second-order valence-corrected chi connectivity index (χ2v) is 5.31. The Labute approximate surface area is 126 Å². The van der Waals surface area contributed by atoms with E-state index in [-0.39, 0.29) is 5.91 Å². The summed E-state index contributed by atoms with van der Waals surface area (Å²) in [7, 11) is 0. The van der Waals surface area contributed by atoms with E-state index in [9.17, 15) is 4.79 Å². The fourth-order valence-electron chi connectivity index (χ4n) is 2.23. The first-order valence-electron chi connectivity index (χ1n) is 7.59. The Morgan fingerprint density at radius 3 is 2.71 bits per heavy atom. The first-order chi connectivity index (χ1) is 10.1. The van der Waals surface area contributed by atoms with Gasteiger partial charge in [-0.1, -0.05) is 13.8 Å². The van der Waals surface area contributed by atoms with Gasteiger partial charge in [0.15, 0.2) is 0 Å². The summed E-state index contributed by atoms with van der Waals surface area (Å²) in [5, 5.41) is 10.3. The average Bonchev–Trinajstić information content (AvgIpc) is 2.85. The molecule has 1 amide bonds. The number of rotatable bonds is 7. The van der Waals surface area contributed by atoms with Gasteiger partial charge in [-0.25, -0.2) is 0 Å². The van der Waals surface area contributed by atoms with E-state index in [0.717, 1.165) is 50.5 Å². The Hall–Kier alpha value is -1.66. The molecule has 2 heterocycles. The highest BCUT2D eigenvalue weighted by Crippen LogP contribution is 2.12. The van der Waals surface area contributed by atoms with Crippen LogP contribution in [0.2, 0.25) is 0 Å². The maximum absolute atomic E-state index is 12.1. The molecular weight excluding hydrogens is 266 g/mol. The van der Waals surface area contributed by atoms with Gasteiger partial charge in [0.05, 0.1) is 18.4 Å². The number of likely N-dealkylation sites (N-methyl/N-ethyl adjacent to an activating group) is 1. The lowest BCUT2D eigenvalue weighted by atomic mass is 10.0. The number of nitrogens with one attached hydrogen (secondary N) is 2. The molecule has 0 spiro atoms. The quantitative estimate of drug-likeness (QED) is 0.738. The van der Waals surface area contributed by atoms with Gasteiger partial charge in [0.1, 0.15) is 0 Å². The number of nitrogens with zero attached hydrogens (tertiary/aromatic N) is 3. The molecule has 0 saturated carbocycles. The summed E-state index contributed by atoms with van der Waals surface area (Å²) in [5.41, 5.74) is 2.75. The molecule has 1 aliphatic rings. The molecule has 1 aromatic rings. The van der Waals surface area contributed by atoms with Crippen LogP contribution in [0.15, 0.2) is 23.5 Å². The molecule has 0 bridgehead atoms. The molecule has 0 radical (unpaired) electrons. The normalized spacial score (nSPS) is 14.2. The number of hydrogen-bond acceptors (Lipinski definition) is 4. The van der Waals surface area contributed by atoms with Crippen molar-refractivity contribution >= 4 is 11.6 Å². The summed E-state index contributed by atoms with van der Waals surface area (Å²) in [5.74, 6) is -0.0326. The van der Waals surface area contributed by atoms with E-state index < -0.39 is 0 Å². The Bertz CT molecular complexity index is 510. The number of amides is 1. The summed E-state index contributed by atoms with van der Waals surface area (Å²) in [6, 6.07) is 0. The van der Waals surface area contributed by atoms with Gasteiger partial charge in [-0.3, -0.25) is 9.48 Å². The standard InChI is InChI=1S/C15H25N5O/c1-4-19(5-2)6-7-20-11-14(10-17-20)18-15(21)12(3)13-8-16-9-13/h10-11,16H,4-9H2,1-3H3,(H,18,21). The largest absolute Gasteiger partial charge is 0.320 e. The third kappa shape index (κ3) is 4.15. The summed E-state index contributed by atoms with van der Waals surface area (Å²) in [6.45, 7) is 11.7. The van der Waals surface area contributed by atoms with E-state index in [1.165, 1.54) is 5.57 Å². The van der Waals surface area contributed by atoms with Crippen LogP contribution < -0.4 is 10.6 Å². The number of anilines is 1. The van der Waals surface area contributed by atoms with Crippen molar-refractivity contribution in [2.45, 2.75) is 27.3 Å². The molecule has 1 fully saturated rings. The van der Waals surface area contributed by atoms with E-state index in [1.807, 2.05) is 17.8 Å². The highest BCUT2D eigenvalue weighted by molar-refractivity contribution is 6.03. The van der Waals surface area contributed by atoms with Gasteiger partial charge < -0.3 is 15.5 Å². The van der Waals surface area contributed by atoms with E-state index in [2.05, 4.69) is 34.5 Å². The maximum atomic E-state index is 12.1. The predicted molar refractivity (Wildman–Crippen MR) is 84.2 cm³/mol. The average molecular weight is 291 g/mol. The van der Waals surface area contributed by atoms with Crippen molar-refractivity contribution in [2.24, 2.45) is 0 Å². The molecule has 0 atom stereocenters. The van der Waals surface area contributed by atoms with Crippen LogP contribution in [0.3, 0.4) is 0 Å². The second-order valence-electron chi connectivity index (χ2n) is 5.31. The van der Waals surface area contributed by atoms with Gasteiger partial charge in [0.2, 0.25) is 0 Å². The highest BCUT2D eigenvalue weighted by Gasteiger charge is 2.16. The van der Waals surface area contributed by atoms with E-state index >= 15 is 0 Å². The minimum absolute atomic E-state index is 0.0326. The van der Waals surface area contributed by atoms with Crippen molar-refractivity contribution in [2.75, 3.05) is 38.0 Å². The van der Waals surface area contributed by atoms with Crippen LogP contribution in [-0.2, 0) is 11.3 Å². The van der Waals surface area contributed by atoms with Gasteiger partial charge in [0.25, 0.3) is 5.91 Å². The maximum Gasteiger partial charge on any atom is 0.251 e. The molecule has 116 valence electrons. The molecule has 0 aliphatic carbocycles. The molecule has 1 aromatic heterocycles. The first-order valence-corrected chi connectivity index (χ1v) is 7.59. The molecule has 0 unspecified atom stereocenters. The summed E-state index contributed by atoms with van der Waals surface area (Å²) in [4.78, 5) is 14.4. The number of carbonyl (C=O) groups is 1. The zero-order valence-electron chi connectivity index (χ0n) is 13.1. The minimum Gasteiger partial charge on any atom is -0.320 e. The Morgan fingerprint density at radius 2 is 2.14 bits per heavy atom. The van der Waals surface area contributed by atoms with Crippen molar-refractivity contribution < 1.29 is 4.79 Å². The minimum atomic E-state index is -0.0326. The van der Waals surface area contributed by atoms with Gasteiger partial charge in [0, 0.05) is 31.4 Å². The smallest absolute Gasteiger partial charge is 0.251 e. The second kappa shape index (κ2) is 7.38. The van der Waals surface area contributed by atoms with Gasteiger partial charge in [-0.15, -0.1) is 0 Å². The van der Waals surface area contributed by atoms with Crippen molar-refractivity contribution in [1.29, 1.82) is 0 Å². The summed E-state index contributed by atoms with van der Waals surface area (Å²) >= 11 is 0. The van der Waals surface area contributed by atoms with E-state index in [4.69, 9.17) is 0 Å². The van der Waals surface area contributed by atoms with Gasteiger partial charge in [-0.2, -0.15) is 5.10 Å². The zero-order valence-corrected chi connectivity index (χ0v) is 13.1. The SMILES string of the molecule is CCN(CC)CCn1cc(NC(=O)C(C)=C2CNC2)cn1. The molecule has 1 saturated heterocycles. The molecule has 6 heteroatoms. The van der Waals surface area contributed by atoms with Crippen LogP contribution in [-0.4, -0.2) is 53.3 Å². The lowest BCUT2D eigenvalue weighted by molar-refractivity contribution is -0.112. The molecule has 2 rings (SSSR count). The molecule has 0 aromatic carbocycles. The first kappa shape index (κ1) is 15.7. The van der Waals surface area contributed by atoms with Crippen molar-refractivity contribution in [3.8, 4) is 0 Å². The molecule has 2 N–H and O–H groups in total. The van der Waals surface area contributed by atoms with Crippen LogP contribution in [0.5, 0.6) is 0 Å². The van der Waals surface area contributed by atoms with Crippen LogP contribution in [0.25, 0.3) is 0 Å². The summed E-state index contributed by atoms with van der Waals surface area (Å²) < 4.78 is 1.88. The monoisotopic (exact) mass is 291 g/mol. The Morgan fingerprint density at radius 1 is 1.43 bits per heavy atom. The van der Waals surface area contributed by atoms with E-state index in [1.54, 1.807) is 6.20 Å². The van der Waals surface area contributed by atoms with Gasteiger partial charge in [-0.05, 0) is 25.6 Å². The van der Waals surface area contributed by atoms with Crippen LogP contribution in [0.4, 0.5) is 5.69 Å². The van der Waals surface area contributed by atoms with Crippen LogP contribution in [0.1, 0.15) is 20.8 Å². The molecule has 1 aliphatic heterocycles. The molecule has 21 heavy (non-hydrogen) atoms. The topological polar surface area (TPSA) is 62.2 Å². The molecular formula is C15H25N5O. The van der Waals surface area contributed by atoms with Crippen LogP contribution >= 0.6 is 0 Å². The van der Waals surface area contributed by atoms with Crippen molar-refractivity contribution in [3.05, 3.63) is 23.5 Å². The Kier molecular flexibility index (Phi) is 5.52. The molecule has 6 nitrogen and oxygen atoms in total. The number of carbonyl (C=O) groups excluding carboxylic acids is 1.